The van der Waals surface area contributed by atoms with Crippen molar-refractivity contribution in [2.45, 2.75) is 31.7 Å². The van der Waals surface area contributed by atoms with Crippen LogP contribution in [0, 0.1) is 5.92 Å². The van der Waals surface area contributed by atoms with Crippen LogP contribution >= 0.6 is 11.3 Å². The number of hydrogen-bond donors (Lipinski definition) is 0. The Morgan fingerprint density at radius 3 is 2.61 bits per heavy atom. The first-order valence-electron chi connectivity index (χ1n) is 11.6. The summed E-state index contributed by atoms with van der Waals surface area (Å²) in [5.74, 6) is 1.92. The second-order valence-corrected chi connectivity index (χ2v) is 10.2. The third-order valence-corrected chi connectivity index (χ3v) is 7.96. The molecule has 0 bridgehead atoms. The summed E-state index contributed by atoms with van der Waals surface area (Å²) >= 11 is 1.72. The Hall–Kier alpha value is -2.02. The second-order valence-electron chi connectivity index (χ2n) is 9.34. The number of hydrogen-bond acceptors (Lipinski definition) is 6. The zero-order chi connectivity index (χ0) is 21.2. The Labute approximate surface area is 189 Å². The molecular weight excluding hydrogens is 402 g/mol. The molecule has 0 radical (unpaired) electrons. The molecule has 2 fully saturated rings. The lowest BCUT2D eigenvalue weighted by atomic mass is 9.94. The van der Waals surface area contributed by atoms with Gasteiger partial charge in [-0.15, -0.1) is 11.3 Å². The number of aromatic nitrogens is 2. The third kappa shape index (κ3) is 4.47. The maximum atomic E-state index is 4.76. The molecule has 164 valence electrons. The highest BCUT2D eigenvalue weighted by Crippen LogP contribution is 2.38. The Morgan fingerprint density at radius 2 is 1.84 bits per heavy atom. The molecule has 0 spiro atoms. The molecule has 0 amide bonds. The number of rotatable bonds is 5. The summed E-state index contributed by atoms with van der Waals surface area (Å²) in [7, 11) is 4.45. The van der Waals surface area contributed by atoms with Gasteiger partial charge in [0, 0.05) is 43.2 Å². The number of piperidine rings is 2. The Balaban J connectivity index is 1.28. The molecule has 2 saturated heterocycles. The number of likely N-dealkylation sites (tertiary alicyclic amines) is 1. The van der Waals surface area contributed by atoms with Crippen LogP contribution in [0.4, 0.5) is 5.82 Å². The van der Waals surface area contributed by atoms with E-state index >= 15 is 0 Å². The Kier molecular flexibility index (Phi) is 6.21. The van der Waals surface area contributed by atoms with Gasteiger partial charge in [-0.25, -0.2) is 9.97 Å². The van der Waals surface area contributed by atoms with Crippen molar-refractivity contribution in [2.75, 3.05) is 51.7 Å². The first-order chi connectivity index (χ1) is 15.2. The van der Waals surface area contributed by atoms with Crippen molar-refractivity contribution in [1.82, 2.24) is 19.8 Å². The monoisotopic (exact) mass is 435 g/mol. The Morgan fingerprint density at radius 1 is 1.03 bits per heavy atom. The highest BCUT2D eigenvalue weighted by molar-refractivity contribution is 7.17. The van der Waals surface area contributed by atoms with Crippen LogP contribution in [0.3, 0.4) is 0 Å². The SMILES string of the molecule is CN(C)[C@H]1CCCN(CC2CCN(c3ncnc4scc(-c5ccccc5)c34)CC2)C1. The number of anilines is 1. The van der Waals surface area contributed by atoms with E-state index in [1.54, 1.807) is 17.7 Å². The van der Waals surface area contributed by atoms with E-state index in [9.17, 15) is 0 Å². The highest BCUT2D eigenvalue weighted by atomic mass is 32.1. The van der Waals surface area contributed by atoms with Crippen molar-refractivity contribution in [1.29, 1.82) is 0 Å². The maximum absolute atomic E-state index is 4.76. The average Bonchev–Trinajstić information content (AvgIpc) is 3.25. The lowest BCUT2D eigenvalue weighted by Crippen LogP contribution is -2.47. The summed E-state index contributed by atoms with van der Waals surface area (Å²) in [4.78, 5) is 18.0. The fourth-order valence-corrected chi connectivity index (χ4v) is 6.15. The van der Waals surface area contributed by atoms with Gasteiger partial charge in [0.25, 0.3) is 0 Å². The van der Waals surface area contributed by atoms with Gasteiger partial charge in [0.15, 0.2) is 0 Å². The van der Waals surface area contributed by atoms with E-state index in [1.165, 1.54) is 61.8 Å². The Bertz CT molecular complexity index is 994. The van der Waals surface area contributed by atoms with Crippen LogP contribution in [0.25, 0.3) is 21.3 Å². The first-order valence-corrected chi connectivity index (χ1v) is 12.5. The van der Waals surface area contributed by atoms with Gasteiger partial charge in [-0.3, -0.25) is 0 Å². The van der Waals surface area contributed by atoms with Gasteiger partial charge in [0.1, 0.15) is 17.0 Å². The molecular formula is C25H33N5S. The van der Waals surface area contributed by atoms with Crippen molar-refractivity contribution in [3.05, 3.63) is 42.0 Å². The molecule has 2 aliphatic heterocycles. The minimum Gasteiger partial charge on any atom is -0.356 e. The van der Waals surface area contributed by atoms with Crippen molar-refractivity contribution in [3.8, 4) is 11.1 Å². The zero-order valence-corrected chi connectivity index (χ0v) is 19.5. The van der Waals surface area contributed by atoms with E-state index in [1.807, 2.05) is 0 Å². The summed E-state index contributed by atoms with van der Waals surface area (Å²) in [6.07, 6.45) is 6.92. The minimum absolute atomic E-state index is 0.721. The molecule has 1 aromatic carbocycles. The lowest BCUT2D eigenvalue weighted by molar-refractivity contribution is 0.113. The molecule has 4 heterocycles. The number of thiophene rings is 1. The van der Waals surface area contributed by atoms with E-state index < -0.39 is 0 Å². The van der Waals surface area contributed by atoms with Crippen LogP contribution in [0.5, 0.6) is 0 Å². The summed E-state index contributed by atoms with van der Waals surface area (Å²) < 4.78 is 0. The summed E-state index contributed by atoms with van der Waals surface area (Å²) in [6.45, 7) is 5.93. The van der Waals surface area contributed by atoms with Crippen LogP contribution in [-0.4, -0.2) is 72.6 Å². The first kappa shape index (κ1) is 20.9. The molecule has 3 aromatic rings. The van der Waals surface area contributed by atoms with Gasteiger partial charge in [-0.1, -0.05) is 30.3 Å². The normalized spacial score (nSPS) is 21.3. The topological polar surface area (TPSA) is 35.5 Å². The van der Waals surface area contributed by atoms with Gasteiger partial charge in [0.05, 0.1) is 5.39 Å². The predicted octanol–water partition coefficient (Wildman–Crippen LogP) is 4.60. The van der Waals surface area contributed by atoms with E-state index in [-0.39, 0.29) is 0 Å². The van der Waals surface area contributed by atoms with E-state index in [2.05, 4.69) is 69.5 Å². The van der Waals surface area contributed by atoms with Crippen LogP contribution < -0.4 is 4.90 Å². The molecule has 5 rings (SSSR count). The summed E-state index contributed by atoms with van der Waals surface area (Å²) in [5.41, 5.74) is 2.52. The predicted molar refractivity (Wildman–Crippen MR) is 131 cm³/mol. The third-order valence-electron chi connectivity index (χ3n) is 7.08. The molecule has 5 nitrogen and oxygen atoms in total. The molecule has 6 heteroatoms. The van der Waals surface area contributed by atoms with Gasteiger partial charge >= 0.3 is 0 Å². The molecule has 0 unspecified atom stereocenters. The standard InChI is InChI=1S/C25H33N5S/c1-28(2)21-9-6-12-29(16-21)15-19-10-13-30(14-11-19)24-23-22(20-7-4-3-5-8-20)17-31-25(23)27-18-26-24/h3-5,7-8,17-19,21H,6,9-16H2,1-2H3/t21-/m0/s1. The van der Waals surface area contributed by atoms with Crippen LogP contribution in [0.1, 0.15) is 25.7 Å². The van der Waals surface area contributed by atoms with Crippen LogP contribution in [0.2, 0.25) is 0 Å². The van der Waals surface area contributed by atoms with Crippen molar-refractivity contribution in [2.24, 2.45) is 5.92 Å². The molecule has 0 N–H and O–H groups in total. The smallest absolute Gasteiger partial charge is 0.141 e. The quantitative estimate of drug-likeness (QED) is 0.585. The molecule has 2 aliphatic rings. The van der Waals surface area contributed by atoms with Crippen molar-refractivity contribution >= 4 is 27.4 Å². The van der Waals surface area contributed by atoms with E-state index in [0.29, 0.717) is 0 Å². The van der Waals surface area contributed by atoms with Crippen LogP contribution in [0.15, 0.2) is 42.0 Å². The molecule has 2 aromatic heterocycles. The van der Waals surface area contributed by atoms with Gasteiger partial charge < -0.3 is 14.7 Å². The van der Waals surface area contributed by atoms with Gasteiger partial charge in [-0.2, -0.15) is 0 Å². The number of likely N-dealkylation sites (N-methyl/N-ethyl adjacent to an activating group) is 1. The molecule has 1 atom stereocenters. The van der Waals surface area contributed by atoms with Gasteiger partial charge in [-0.05, 0) is 57.8 Å². The fraction of sp³-hybridized carbons (Fsp3) is 0.520. The van der Waals surface area contributed by atoms with Gasteiger partial charge in [0.2, 0.25) is 0 Å². The summed E-state index contributed by atoms with van der Waals surface area (Å²) in [6, 6.07) is 11.4. The average molecular weight is 436 g/mol. The number of benzene rings is 1. The molecule has 31 heavy (non-hydrogen) atoms. The van der Waals surface area contributed by atoms with Crippen molar-refractivity contribution in [3.63, 3.8) is 0 Å². The molecule has 0 saturated carbocycles. The largest absolute Gasteiger partial charge is 0.356 e. The number of nitrogens with zero attached hydrogens (tertiary/aromatic N) is 5. The summed E-state index contributed by atoms with van der Waals surface area (Å²) in [5, 5.41) is 3.46. The second kappa shape index (κ2) is 9.23. The fourth-order valence-electron chi connectivity index (χ4n) is 5.24. The zero-order valence-electron chi connectivity index (χ0n) is 18.7. The van der Waals surface area contributed by atoms with Crippen LogP contribution in [-0.2, 0) is 0 Å². The lowest BCUT2D eigenvalue weighted by Gasteiger charge is -2.40. The van der Waals surface area contributed by atoms with E-state index in [0.717, 1.165) is 35.7 Å². The minimum atomic E-state index is 0.721. The van der Waals surface area contributed by atoms with Crippen molar-refractivity contribution < 1.29 is 0 Å². The molecule has 0 aliphatic carbocycles. The van der Waals surface area contributed by atoms with E-state index in [4.69, 9.17) is 4.98 Å². The highest BCUT2D eigenvalue weighted by Gasteiger charge is 2.27. The maximum Gasteiger partial charge on any atom is 0.141 e. The number of fused-ring (bicyclic) bond motifs is 1.